The van der Waals surface area contributed by atoms with Crippen LogP contribution in [0.15, 0.2) is 24.3 Å². The zero-order chi connectivity index (χ0) is 14.4. The summed E-state index contributed by atoms with van der Waals surface area (Å²) in [5.41, 5.74) is 0.581. The van der Waals surface area contributed by atoms with E-state index in [1.807, 2.05) is 6.92 Å². The first-order valence-electron chi connectivity index (χ1n) is 6.76. The molecule has 4 nitrogen and oxygen atoms in total. The Morgan fingerprint density at radius 2 is 2.25 bits per heavy atom. The lowest BCUT2D eigenvalue weighted by Gasteiger charge is -2.27. The maximum Gasteiger partial charge on any atom is 0.387 e. The van der Waals surface area contributed by atoms with E-state index in [1.165, 1.54) is 6.07 Å². The Hall–Kier alpha value is -1.40. The fourth-order valence-electron chi connectivity index (χ4n) is 2.31. The van der Waals surface area contributed by atoms with E-state index in [2.05, 4.69) is 15.4 Å². The Kier molecular flexibility index (Phi) is 5.55. The normalized spacial score (nSPS) is 20.7. The van der Waals surface area contributed by atoms with Gasteiger partial charge in [0.25, 0.3) is 0 Å². The van der Waals surface area contributed by atoms with Crippen LogP contribution in [0.5, 0.6) is 5.75 Å². The lowest BCUT2D eigenvalue weighted by molar-refractivity contribution is -0.0493. The van der Waals surface area contributed by atoms with Gasteiger partial charge in [-0.3, -0.25) is 0 Å². The van der Waals surface area contributed by atoms with E-state index < -0.39 is 6.61 Å². The summed E-state index contributed by atoms with van der Waals surface area (Å²) in [5.74, 6) is 0.169. The molecule has 1 aliphatic heterocycles. The summed E-state index contributed by atoms with van der Waals surface area (Å²) in [6, 6.07) is 7.13. The van der Waals surface area contributed by atoms with Gasteiger partial charge in [-0.1, -0.05) is 12.1 Å². The Morgan fingerprint density at radius 3 is 2.95 bits per heavy atom. The van der Waals surface area contributed by atoms with Crippen molar-refractivity contribution in [1.82, 2.24) is 5.32 Å². The van der Waals surface area contributed by atoms with Crippen LogP contribution in [0.2, 0.25) is 0 Å². The molecule has 2 atom stereocenters. The number of benzene rings is 1. The lowest BCUT2D eigenvalue weighted by atomic mass is 10.1. The maximum atomic E-state index is 12.3. The number of morpholine rings is 1. The van der Waals surface area contributed by atoms with Gasteiger partial charge in [-0.05, 0) is 25.5 Å². The SMILES string of the molecule is CC(CC1COCCN1)Nc1ccccc1OC(F)F. The van der Waals surface area contributed by atoms with Crippen LogP contribution in [0.25, 0.3) is 0 Å². The first kappa shape index (κ1) is 15.0. The number of nitrogens with one attached hydrogen (secondary N) is 2. The molecule has 0 radical (unpaired) electrons. The van der Waals surface area contributed by atoms with Crippen LogP contribution in [-0.2, 0) is 4.74 Å². The number of hydrogen-bond acceptors (Lipinski definition) is 4. The summed E-state index contributed by atoms with van der Waals surface area (Å²) in [7, 11) is 0. The highest BCUT2D eigenvalue weighted by Crippen LogP contribution is 2.26. The third kappa shape index (κ3) is 4.61. The third-order valence-corrected chi connectivity index (χ3v) is 3.14. The quantitative estimate of drug-likeness (QED) is 0.843. The van der Waals surface area contributed by atoms with Gasteiger partial charge in [-0.25, -0.2) is 0 Å². The predicted molar refractivity (Wildman–Crippen MR) is 73.4 cm³/mol. The number of halogens is 2. The van der Waals surface area contributed by atoms with Crippen LogP contribution in [0.1, 0.15) is 13.3 Å². The van der Waals surface area contributed by atoms with Gasteiger partial charge < -0.3 is 20.1 Å². The number of ether oxygens (including phenoxy) is 2. The Bertz CT molecular complexity index is 412. The van der Waals surface area contributed by atoms with Gasteiger partial charge in [0.2, 0.25) is 0 Å². The van der Waals surface area contributed by atoms with Gasteiger partial charge in [-0.2, -0.15) is 8.78 Å². The average Bonchev–Trinajstić information content (AvgIpc) is 2.41. The molecule has 0 amide bonds. The molecule has 1 fully saturated rings. The molecule has 2 rings (SSSR count). The lowest BCUT2D eigenvalue weighted by Crippen LogP contribution is -2.43. The van der Waals surface area contributed by atoms with E-state index in [0.29, 0.717) is 12.3 Å². The molecule has 0 aromatic heterocycles. The molecular weight excluding hydrogens is 266 g/mol. The number of hydrogen-bond donors (Lipinski definition) is 2. The fraction of sp³-hybridized carbons (Fsp3) is 0.571. The first-order chi connectivity index (χ1) is 9.65. The Balaban J connectivity index is 1.91. The van der Waals surface area contributed by atoms with Gasteiger partial charge in [-0.15, -0.1) is 0 Å². The second-order valence-electron chi connectivity index (χ2n) is 4.88. The smallest absolute Gasteiger partial charge is 0.387 e. The van der Waals surface area contributed by atoms with Gasteiger partial charge in [0.15, 0.2) is 0 Å². The van der Waals surface area contributed by atoms with Crippen LogP contribution in [0.3, 0.4) is 0 Å². The molecule has 1 heterocycles. The number of para-hydroxylation sites is 2. The number of rotatable bonds is 6. The van der Waals surface area contributed by atoms with E-state index in [0.717, 1.165) is 19.6 Å². The molecule has 1 aromatic rings. The number of alkyl halides is 2. The monoisotopic (exact) mass is 286 g/mol. The van der Waals surface area contributed by atoms with E-state index in [-0.39, 0.29) is 17.8 Å². The van der Waals surface area contributed by atoms with Gasteiger partial charge in [0, 0.05) is 18.6 Å². The van der Waals surface area contributed by atoms with Crippen molar-refractivity contribution < 1.29 is 18.3 Å². The van der Waals surface area contributed by atoms with E-state index in [9.17, 15) is 8.78 Å². The molecule has 1 aromatic carbocycles. The van der Waals surface area contributed by atoms with Crippen LogP contribution in [-0.4, -0.2) is 38.5 Å². The molecule has 20 heavy (non-hydrogen) atoms. The first-order valence-corrected chi connectivity index (χ1v) is 6.76. The summed E-state index contributed by atoms with van der Waals surface area (Å²) in [5, 5.41) is 6.58. The fourth-order valence-corrected chi connectivity index (χ4v) is 2.31. The van der Waals surface area contributed by atoms with Gasteiger partial charge in [0.05, 0.1) is 18.9 Å². The van der Waals surface area contributed by atoms with Crippen molar-refractivity contribution in [2.24, 2.45) is 0 Å². The van der Waals surface area contributed by atoms with Crippen molar-refractivity contribution in [3.05, 3.63) is 24.3 Å². The molecule has 112 valence electrons. The average molecular weight is 286 g/mol. The highest BCUT2D eigenvalue weighted by molar-refractivity contribution is 5.56. The third-order valence-electron chi connectivity index (χ3n) is 3.14. The second-order valence-corrected chi connectivity index (χ2v) is 4.88. The zero-order valence-electron chi connectivity index (χ0n) is 11.4. The molecule has 2 unspecified atom stereocenters. The van der Waals surface area contributed by atoms with Crippen molar-refractivity contribution in [2.45, 2.75) is 32.0 Å². The number of anilines is 1. The van der Waals surface area contributed by atoms with E-state index >= 15 is 0 Å². The van der Waals surface area contributed by atoms with Gasteiger partial charge in [0.1, 0.15) is 5.75 Å². The molecule has 0 saturated carbocycles. The van der Waals surface area contributed by atoms with E-state index in [4.69, 9.17) is 4.74 Å². The molecular formula is C14H20F2N2O2. The minimum atomic E-state index is -2.82. The Morgan fingerprint density at radius 1 is 1.45 bits per heavy atom. The molecule has 0 bridgehead atoms. The van der Waals surface area contributed by atoms with Crippen LogP contribution in [0, 0.1) is 0 Å². The summed E-state index contributed by atoms with van der Waals surface area (Å²) in [4.78, 5) is 0. The van der Waals surface area contributed by atoms with Crippen molar-refractivity contribution in [3.8, 4) is 5.75 Å². The van der Waals surface area contributed by atoms with Gasteiger partial charge >= 0.3 is 6.61 Å². The predicted octanol–water partition coefficient (Wildman–Crippen LogP) is 2.47. The molecule has 0 spiro atoms. The summed E-state index contributed by atoms with van der Waals surface area (Å²) in [6.45, 7) is 1.46. The second kappa shape index (κ2) is 7.40. The molecule has 2 N–H and O–H groups in total. The van der Waals surface area contributed by atoms with Crippen LogP contribution in [0.4, 0.5) is 14.5 Å². The summed E-state index contributed by atoms with van der Waals surface area (Å²) < 4.78 is 34.6. The zero-order valence-corrected chi connectivity index (χ0v) is 11.4. The van der Waals surface area contributed by atoms with Crippen LogP contribution >= 0.6 is 0 Å². The van der Waals surface area contributed by atoms with E-state index in [1.54, 1.807) is 18.2 Å². The molecule has 0 aliphatic carbocycles. The Labute approximate surface area is 117 Å². The van der Waals surface area contributed by atoms with Crippen molar-refractivity contribution >= 4 is 5.69 Å². The van der Waals surface area contributed by atoms with Crippen LogP contribution < -0.4 is 15.4 Å². The maximum absolute atomic E-state index is 12.3. The summed E-state index contributed by atoms with van der Waals surface area (Å²) >= 11 is 0. The minimum Gasteiger partial charge on any atom is -0.433 e. The standard InChI is InChI=1S/C14H20F2N2O2/c1-10(8-11-9-19-7-6-17-11)18-12-4-2-3-5-13(12)20-14(15)16/h2-5,10-11,14,17-18H,6-9H2,1H3. The molecule has 6 heteroatoms. The minimum absolute atomic E-state index is 0.122. The molecule has 1 aliphatic rings. The highest BCUT2D eigenvalue weighted by Gasteiger charge is 2.17. The van der Waals surface area contributed by atoms with Crippen molar-refractivity contribution in [3.63, 3.8) is 0 Å². The van der Waals surface area contributed by atoms with Crippen molar-refractivity contribution in [1.29, 1.82) is 0 Å². The largest absolute Gasteiger partial charge is 0.433 e. The topological polar surface area (TPSA) is 42.5 Å². The van der Waals surface area contributed by atoms with Crippen molar-refractivity contribution in [2.75, 3.05) is 25.1 Å². The highest BCUT2D eigenvalue weighted by atomic mass is 19.3. The summed E-state index contributed by atoms with van der Waals surface area (Å²) in [6.07, 6.45) is 0.850. The molecule has 1 saturated heterocycles.